The van der Waals surface area contributed by atoms with E-state index in [1.54, 1.807) is 10.8 Å². The van der Waals surface area contributed by atoms with Gasteiger partial charge in [-0.3, -0.25) is 4.79 Å². The molecule has 0 radical (unpaired) electrons. The second-order valence-electron chi connectivity index (χ2n) is 4.32. The summed E-state index contributed by atoms with van der Waals surface area (Å²) in [6.07, 6.45) is 2.61. The van der Waals surface area contributed by atoms with Crippen LogP contribution in [0, 0.1) is 0 Å². The minimum Gasteiger partial charge on any atom is -0.352 e. The van der Waals surface area contributed by atoms with E-state index in [2.05, 4.69) is 20.6 Å². The second-order valence-corrected chi connectivity index (χ2v) is 5.36. The molecule has 0 fully saturated rings. The summed E-state index contributed by atoms with van der Waals surface area (Å²) in [5.74, 6) is 0.0276. The number of amides is 1. The van der Waals surface area contributed by atoms with E-state index in [-0.39, 0.29) is 5.91 Å². The summed E-state index contributed by atoms with van der Waals surface area (Å²) in [6, 6.07) is 9.85. The lowest BCUT2D eigenvalue weighted by molar-refractivity contribution is -0.121. The van der Waals surface area contributed by atoms with E-state index < -0.39 is 0 Å². The Morgan fingerprint density at radius 1 is 1.30 bits per heavy atom. The molecule has 7 heteroatoms. The molecule has 20 heavy (non-hydrogen) atoms. The fourth-order valence-corrected chi connectivity index (χ4v) is 2.62. The molecule has 0 atom stereocenters. The van der Waals surface area contributed by atoms with Crippen LogP contribution >= 0.6 is 11.3 Å². The molecule has 2 aromatic heterocycles. The van der Waals surface area contributed by atoms with Gasteiger partial charge in [0.25, 0.3) is 0 Å². The van der Waals surface area contributed by atoms with Crippen LogP contribution in [0.5, 0.6) is 0 Å². The number of hydrogen-bond acceptors (Lipinski definition) is 5. The summed E-state index contributed by atoms with van der Waals surface area (Å²) in [7, 11) is 0. The van der Waals surface area contributed by atoms with Gasteiger partial charge < -0.3 is 5.32 Å². The summed E-state index contributed by atoms with van der Waals surface area (Å²) in [5, 5.41) is 15.7. The number of rotatable bonds is 5. The van der Waals surface area contributed by atoms with Gasteiger partial charge in [0.15, 0.2) is 0 Å². The fourth-order valence-electron chi connectivity index (χ4n) is 1.81. The fraction of sp³-hybridized carbons (Fsp3) is 0.231. The number of nitrogens with zero attached hydrogens (tertiary/aromatic N) is 4. The van der Waals surface area contributed by atoms with Crippen molar-refractivity contribution in [3.63, 3.8) is 0 Å². The lowest BCUT2D eigenvalue weighted by atomic mass is 10.2. The number of benzene rings is 1. The Labute approximate surface area is 119 Å². The van der Waals surface area contributed by atoms with E-state index in [0.29, 0.717) is 19.4 Å². The first-order valence-electron chi connectivity index (χ1n) is 6.27. The summed E-state index contributed by atoms with van der Waals surface area (Å²) in [5.41, 5.74) is 1.10. The Morgan fingerprint density at radius 3 is 2.95 bits per heavy atom. The Kier molecular flexibility index (Phi) is 3.69. The van der Waals surface area contributed by atoms with Crippen molar-refractivity contribution in [2.75, 3.05) is 0 Å². The highest BCUT2D eigenvalue weighted by atomic mass is 32.1. The molecule has 0 saturated heterocycles. The SMILES string of the molecule is O=C(CCc1nn2cnnc2s1)NCc1ccccc1. The van der Waals surface area contributed by atoms with E-state index in [0.717, 1.165) is 15.5 Å². The third-order valence-corrected chi connectivity index (χ3v) is 3.80. The molecule has 0 bridgehead atoms. The van der Waals surface area contributed by atoms with E-state index >= 15 is 0 Å². The predicted molar refractivity (Wildman–Crippen MR) is 75.3 cm³/mol. The number of aromatic nitrogens is 4. The van der Waals surface area contributed by atoms with Crippen LogP contribution in [0.1, 0.15) is 17.0 Å². The molecular weight excluding hydrogens is 274 g/mol. The third-order valence-electron chi connectivity index (χ3n) is 2.83. The summed E-state index contributed by atoms with van der Waals surface area (Å²) >= 11 is 1.46. The van der Waals surface area contributed by atoms with Gasteiger partial charge in [0, 0.05) is 19.4 Å². The molecule has 2 heterocycles. The van der Waals surface area contributed by atoms with E-state index in [4.69, 9.17) is 0 Å². The monoisotopic (exact) mass is 287 g/mol. The molecule has 0 saturated carbocycles. The van der Waals surface area contributed by atoms with Crippen LogP contribution in [0.3, 0.4) is 0 Å². The molecule has 3 rings (SSSR count). The second kappa shape index (κ2) is 5.79. The van der Waals surface area contributed by atoms with E-state index in [1.165, 1.54) is 11.3 Å². The quantitative estimate of drug-likeness (QED) is 0.770. The number of aryl methyl sites for hydroxylation is 1. The molecule has 6 nitrogen and oxygen atoms in total. The minimum absolute atomic E-state index is 0.0276. The van der Waals surface area contributed by atoms with Crippen molar-refractivity contribution in [2.45, 2.75) is 19.4 Å². The largest absolute Gasteiger partial charge is 0.352 e. The first-order valence-corrected chi connectivity index (χ1v) is 7.09. The molecule has 0 unspecified atom stereocenters. The van der Waals surface area contributed by atoms with Gasteiger partial charge in [0.1, 0.15) is 11.3 Å². The Bertz CT molecular complexity index is 677. The van der Waals surface area contributed by atoms with Crippen LogP contribution in [-0.2, 0) is 17.8 Å². The van der Waals surface area contributed by atoms with Gasteiger partial charge in [-0.2, -0.15) is 9.61 Å². The van der Waals surface area contributed by atoms with Crippen LogP contribution in [0.25, 0.3) is 4.96 Å². The third kappa shape index (κ3) is 3.00. The average molecular weight is 287 g/mol. The lowest BCUT2D eigenvalue weighted by Gasteiger charge is -2.04. The van der Waals surface area contributed by atoms with Crippen molar-refractivity contribution in [2.24, 2.45) is 0 Å². The zero-order chi connectivity index (χ0) is 13.8. The zero-order valence-electron chi connectivity index (χ0n) is 10.7. The lowest BCUT2D eigenvalue weighted by Crippen LogP contribution is -2.22. The highest BCUT2D eigenvalue weighted by molar-refractivity contribution is 7.16. The zero-order valence-corrected chi connectivity index (χ0v) is 11.5. The smallest absolute Gasteiger partial charge is 0.234 e. The highest BCUT2D eigenvalue weighted by Crippen LogP contribution is 2.13. The normalized spacial score (nSPS) is 10.8. The van der Waals surface area contributed by atoms with Crippen molar-refractivity contribution in [3.05, 3.63) is 47.2 Å². The number of carbonyl (C=O) groups is 1. The molecule has 1 aromatic carbocycles. The molecule has 1 amide bonds. The van der Waals surface area contributed by atoms with E-state index in [9.17, 15) is 4.79 Å². The van der Waals surface area contributed by atoms with Crippen molar-refractivity contribution >= 4 is 22.2 Å². The van der Waals surface area contributed by atoms with Crippen LogP contribution in [0.4, 0.5) is 0 Å². The van der Waals surface area contributed by atoms with Crippen LogP contribution in [0.2, 0.25) is 0 Å². The van der Waals surface area contributed by atoms with Gasteiger partial charge in [-0.25, -0.2) is 0 Å². The Balaban J connectivity index is 1.48. The maximum Gasteiger partial charge on any atom is 0.234 e. The number of hydrogen-bond donors (Lipinski definition) is 1. The summed E-state index contributed by atoms with van der Waals surface area (Å²) in [6.45, 7) is 0.560. The average Bonchev–Trinajstić information content (AvgIpc) is 3.05. The topological polar surface area (TPSA) is 72.2 Å². The van der Waals surface area contributed by atoms with Gasteiger partial charge in [0.05, 0.1) is 0 Å². The Hall–Kier alpha value is -2.28. The van der Waals surface area contributed by atoms with Gasteiger partial charge >= 0.3 is 0 Å². The van der Waals surface area contributed by atoms with Crippen molar-refractivity contribution < 1.29 is 4.79 Å². The van der Waals surface area contributed by atoms with Gasteiger partial charge in [0.2, 0.25) is 10.9 Å². The van der Waals surface area contributed by atoms with Crippen molar-refractivity contribution in [1.82, 2.24) is 25.1 Å². The number of fused-ring (bicyclic) bond motifs is 1. The molecule has 0 aliphatic carbocycles. The molecule has 3 aromatic rings. The minimum atomic E-state index is 0.0276. The van der Waals surface area contributed by atoms with E-state index in [1.807, 2.05) is 30.3 Å². The first-order chi connectivity index (χ1) is 9.81. The van der Waals surface area contributed by atoms with Crippen molar-refractivity contribution in [1.29, 1.82) is 0 Å². The summed E-state index contributed by atoms with van der Waals surface area (Å²) in [4.78, 5) is 12.5. The van der Waals surface area contributed by atoms with Gasteiger partial charge in [-0.1, -0.05) is 41.7 Å². The molecular formula is C13H13N5OS. The molecule has 1 N–H and O–H groups in total. The highest BCUT2D eigenvalue weighted by Gasteiger charge is 2.08. The maximum absolute atomic E-state index is 11.8. The molecule has 0 aliphatic rings. The molecule has 0 spiro atoms. The van der Waals surface area contributed by atoms with Crippen LogP contribution in [0.15, 0.2) is 36.7 Å². The predicted octanol–water partition coefficient (Wildman–Crippen LogP) is 1.43. The maximum atomic E-state index is 11.8. The van der Waals surface area contributed by atoms with Gasteiger partial charge in [-0.15, -0.1) is 10.2 Å². The number of carbonyl (C=O) groups excluding carboxylic acids is 1. The standard InChI is InChI=1S/C13H13N5OS/c19-11(14-8-10-4-2-1-3-5-10)6-7-12-17-18-9-15-16-13(18)20-12/h1-5,9H,6-8H2,(H,14,19). The first kappa shape index (κ1) is 12.7. The molecule has 102 valence electrons. The number of nitrogens with one attached hydrogen (secondary N) is 1. The van der Waals surface area contributed by atoms with Crippen molar-refractivity contribution in [3.8, 4) is 0 Å². The van der Waals surface area contributed by atoms with Crippen LogP contribution in [-0.4, -0.2) is 25.7 Å². The summed E-state index contributed by atoms with van der Waals surface area (Å²) < 4.78 is 1.63. The molecule has 0 aliphatic heterocycles. The Morgan fingerprint density at radius 2 is 2.15 bits per heavy atom. The van der Waals surface area contributed by atoms with Crippen LogP contribution < -0.4 is 5.32 Å². The van der Waals surface area contributed by atoms with Gasteiger partial charge in [-0.05, 0) is 5.56 Å².